The molecule has 1 heterocycles. The lowest BCUT2D eigenvalue weighted by Gasteiger charge is -2.17. The highest BCUT2D eigenvalue weighted by molar-refractivity contribution is 14.0. The molecule has 0 saturated heterocycles. The van der Waals surface area contributed by atoms with Gasteiger partial charge in [0.15, 0.2) is 11.7 Å². The summed E-state index contributed by atoms with van der Waals surface area (Å²) in [5, 5.41) is 20.4. The predicted molar refractivity (Wildman–Crippen MR) is 102 cm³/mol. The minimum absolute atomic E-state index is 0. The molecule has 0 aromatic carbocycles. The van der Waals surface area contributed by atoms with Gasteiger partial charge >= 0.3 is 0 Å². The molecule has 3 N–H and O–H groups in total. The second-order valence-electron chi connectivity index (χ2n) is 6.21. The molecule has 1 fully saturated rings. The number of rotatable bonds is 6. The number of aliphatic hydroxyl groups is 1. The van der Waals surface area contributed by atoms with Crippen molar-refractivity contribution in [2.75, 3.05) is 13.1 Å². The topological polar surface area (TPSA) is 82.7 Å². The number of guanidine groups is 1. The summed E-state index contributed by atoms with van der Waals surface area (Å²) in [7, 11) is 0. The van der Waals surface area contributed by atoms with Crippen molar-refractivity contribution in [1.29, 1.82) is 0 Å². The number of nitrogens with zero attached hydrogens (tertiary/aromatic N) is 2. The molecule has 1 aromatic rings. The lowest BCUT2D eigenvalue weighted by molar-refractivity contribution is 0.134. The van der Waals surface area contributed by atoms with Crippen molar-refractivity contribution in [2.24, 2.45) is 10.9 Å². The van der Waals surface area contributed by atoms with Gasteiger partial charge < -0.3 is 20.3 Å². The van der Waals surface area contributed by atoms with Crippen molar-refractivity contribution >= 4 is 29.9 Å². The van der Waals surface area contributed by atoms with E-state index in [2.05, 4.69) is 34.6 Å². The standard InChI is InChI=1S/C16H28N4O2.HI/c1-4-17-16(18-9-12-6-5-7-15(12)21)19-10-13-8-14(11(2)3)20-22-13;/h8,11-12,15,21H,4-7,9-10H2,1-3H3,(H2,17,18,19);1H. The van der Waals surface area contributed by atoms with Crippen LogP contribution in [0.15, 0.2) is 15.6 Å². The van der Waals surface area contributed by atoms with E-state index in [1.807, 2.05) is 13.0 Å². The highest BCUT2D eigenvalue weighted by atomic mass is 127. The quantitative estimate of drug-likeness (QED) is 0.363. The van der Waals surface area contributed by atoms with E-state index in [0.29, 0.717) is 18.4 Å². The summed E-state index contributed by atoms with van der Waals surface area (Å²) in [6.07, 6.45) is 2.92. The predicted octanol–water partition coefficient (Wildman–Crippen LogP) is 2.63. The second-order valence-corrected chi connectivity index (χ2v) is 6.21. The van der Waals surface area contributed by atoms with Crippen molar-refractivity contribution < 1.29 is 9.63 Å². The van der Waals surface area contributed by atoms with Gasteiger partial charge in [0, 0.05) is 25.1 Å². The Labute approximate surface area is 155 Å². The number of nitrogens with one attached hydrogen (secondary N) is 2. The third-order valence-corrected chi connectivity index (χ3v) is 4.06. The minimum Gasteiger partial charge on any atom is -0.393 e. The third kappa shape index (κ3) is 6.29. The lowest BCUT2D eigenvalue weighted by Crippen LogP contribution is -2.41. The Kier molecular flexibility index (Phi) is 8.90. The molecule has 0 spiro atoms. The Morgan fingerprint density at radius 2 is 2.22 bits per heavy atom. The Hall–Kier alpha value is -0.830. The molecule has 2 unspecified atom stereocenters. The SMILES string of the molecule is CCNC(=NCc1cc(C(C)C)no1)NCC1CCCC1O.I. The van der Waals surface area contributed by atoms with Crippen LogP contribution >= 0.6 is 24.0 Å². The molecule has 6 nitrogen and oxygen atoms in total. The van der Waals surface area contributed by atoms with Gasteiger partial charge in [0.25, 0.3) is 0 Å². The van der Waals surface area contributed by atoms with Crippen LogP contribution in [0.1, 0.15) is 57.4 Å². The summed E-state index contributed by atoms with van der Waals surface area (Å²) < 4.78 is 5.30. The Balaban J connectivity index is 0.00000264. The van der Waals surface area contributed by atoms with Gasteiger partial charge in [0.1, 0.15) is 6.54 Å². The average Bonchev–Trinajstić information content (AvgIpc) is 3.11. The summed E-state index contributed by atoms with van der Waals surface area (Å²) >= 11 is 0. The summed E-state index contributed by atoms with van der Waals surface area (Å²) in [5.74, 6) is 2.20. The van der Waals surface area contributed by atoms with Crippen molar-refractivity contribution in [1.82, 2.24) is 15.8 Å². The van der Waals surface area contributed by atoms with Gasteiger partial charge in [-0.25, -0.2) is 4.99 Å². The largest absolute Gasteiger partial charge is 0.393 e. The smallest absolute Gasteiger partial charge is 0.191 e. The second kappa shape index (κ2) is 10.1. The van der Waals surface area contributed by atoms with Crippen LogP contribution < -0.4 is 10.6 Å². The number of aliphatic imine (C=N–C) groups is 1. The first-order valence-corrected chi connectivity index (χ1v) is 8.25. The maximum Gasteiger partial charge on any atom is 0.191 e. The zero-order chi connectivity index (χ0) is 15.9. The summed E-state index contributed by atoms with van der Waals surface area (Å²) in [4.78, 5) is 4.52. The van der Waals surface area contributed by atoms with E-state index in [4.69, 9.17) is 4.52 Å². The molecule has 2 rings (SSSR count). The maximum absolute atomic E-state index is 9.87. The number of aliphatic hydroxyl groups excluding tert-OH is 1. The van der Waals surface area contributed by atoms with E-state index in [0.717, 1.165) is 49.8 Å². The van der Waals surface area contributed by atoms with Gasteiger partial charge in [-0.2, -0.15) is 0 Å². The first kappa shape index (κ1) is 20.2. The number of hydrogen-bond donors (Lipinski definition) is 3. The van der Waals surface area contributed by atoms with Crippen molar-refractivity contribution in [3.8, 4) is 0 Å². The van der Waals surface area contributed by atoms with Crippen LogP contribution in [-0.4, -0.2) is 35.4 Å². The van der Waals surface area contributed by atoms with Crippen LogP contribution in [0.25, 0.3) is 0 Å². The molecule has 0 amide bonds. The van der Waals surface area contributed by atoms with Gasteiger partial charge in [0.05, 0.1) is 11.8 Å². The van der Waals surface area contributed by atoms with Gasteiger partial charge in [-0.3, -0.25) is 0 Å². The first-order chi connectivity index (χ1) is 10.6. The molecule has 0 aliphatic heterocycles. The van der Waals surface area contributed by atoms with E-state index >= 15 is 0 Å². The van der Waals surface area contributed by atoms with E-state index < -0.39 is 0 Å². The highest BCUT2D eigenvalue weighted by Crippen LogP contribution is 2.24. The van der Waals surface area contributed by atoms with Crippen molar-refractivity contribution in [2.45, 2.75) is 58.6 Å². The monoisotopic (exact) mass is 436 g/mol. The van der Waals surface area contributed by atoms with Gasteiger partial charge in [-0.05, 0) is 25.7 Å². The fourth-order valence-electron chi connectivity index (χ4n) is 2.66. The molecule has 1 aliphatic carbocycles. The van der Waals surface area contributed by atoms with Crippen LogP contribution in [0.2, 0.25) is 0 Å². The van der Waals surface area contributed by atoms with Crippen molar-refractivity contribution in [3.05, 3.63) is 17.5 Å². The maximum atomic E-state index is 9.87. The molecule has 23 heavy (non-hydrogen) atoms. The molecular weight excluding hydrogens is 407 g/mol. The Morgan fingerprint density at radius 1 is 1.43 bits per heavy atom. The third-order valence-electron chi connectivity index (χ3n) is 4.06. The van der Waals surface area contributed by atoms with Crippen LogP contribution in [0.4, 0.5) is 0 Å². The average molecular weight is 436 g/mol. The fraction of sp³-hybridized carbons (Fsp3) is 0.750. The summed E-state index contributed by atoms with van der Waals surface area (Å²) in [6.45, 7) is 8.22. The normalized spacial score (nSPS) is 21.3. The Morgan fingerprint density at radius 3 is 2.78 bits per heavy atom. The van der Waals surface area contributed by atoms with Crippen LogP contribution in [0.3, 0.4) is 0 Å². The molecule has 7 heteroatoms. The zero-order valence-electron chi connectivity index (χ0n) is 14.2. The minimum atomic E-state index is -0.182. The van der Waals surface area contributed by atoms with Gasteiger partial charge in [0.2, 0.25) is 0 Å². The zero-order valence-corrected chi connectivity index (χ0v) is 16.5. The molecule has 132 valence electrons. The van der Waals surface area contributed by atoms with E-state index in [1.165, 1.54) is 0 Å². The number of hydrogen-bond acceptors (Lipinski definition) is 4. The van der Waals surface area contributed by atoms with Crippen molar-refractivity contribution in [3.63, 3.8) is 0 Å². The Bertz CT molecular complexity index is 490. The molecular formula is C16H29IN4O2. The van der Waals surface area contributed by atoms with Crippen LogP contribution in [-0.2, 0) is 6.54 Å². The lowest BCUT2D eigenvalue weighted by atomic mass is 10.1. The first-order valence-electron chi connectivity index (χ1n) is 8.25. The number of halogens is 1. The molecule has 0 radical (unpaired) electrons. The van der Waals surface area contributed by atoms with Gasteiger partial charge in [-0.15, -0.1) is 24.0 Å². The van der Waals surface area contributed by atoms with E-state index in [1.54, 1.807) is 0 Å². The molecule has 1 aromatic heterocycles. The molecule has 1 aliphatic rings. The number of aromatic nitrogens is 1. The van der Waals surface area contributed by atoms with Crippen LogP contribution in [0.5, 0.6) is 0 Å². The summed E-state index contributed by atoms with van der Waals surface area (Å²) in [5.41, 5.74) is 0.956. The molecule has 1 saturated carbocycles. The van der Waals surface area contributed by atoms with E-state index in [9.17, 15) is 5.11 Å². The van der Waals surface area contributed by atoms with Crippen LogP contribution in [0, 0.1) is 5.92 Å². The van der Waals surface area contributed by atoms with Gasteiger partial charge in [-0.1, -0.05) is 25.4 Å². The molecule has 2 atom stereocenters. The highest BCUT2D eigenvalue weighted by Gasteiger charge is 2.24. The molecule has 0 bridgehead atoms. The van der Waals surface area contributed by atoms with E-state index in [-0.39, 0.29) is 30.1 Å². The fourth-order valence-corrected chi connectivity index (χ4v) is 2.66. The summed E-state index contributed by atoms with van der Waals surface area (Å²) in [6, 6.07) is 1.96.